The number of aromatic nitrogens is 2. The minimum absolute atomic E-state index is 0.245. The van der Waals surface area contributed by atoms with Crippen molar-refractivity contribution in [3.05, 3.63) is 100 Å². The predicted octanol–water partition coefficient (Wildman–Crippen LogP) is 5.94. The van der Waals surface area contributed by atoms with Gasteiger partial charge < -0.3 is 9.84 Å². The number of aryl methyl sites for hydroxylation is 1. The maximum Gasteiger partial charge on any atom is 0.322 e. The van der Waals surface area contributed by atoms with Crippen molar-refractivity contribution < 1.29 is 13.7 Å². The summed E-state index contributed by atoms with van der Waals surface area (Å²) in [6, 6.07) is 17.1. The highest BCUT2D eigenvalue weighted by atomic mass is 32.1. The third-order valence-electron chi connectivity index (χ3n) is 5.62. The molecule has 0 spiro atoms. The van der Waals surface area contributed by atoms with Crippen molar-refractivity contribution in [2.45, 2.75) is 26.4 Å². The van der Waals surface area contributed by atoms with Crippen LogP contribution in [0, 0.1) is 12.7 Å². The second kappa shape index (κ2) is 8.63. The lowest BCUT2D eigenvalue weighted by molar-refractivity contribution is 0.203. The van der Waals surface area contributed by atoms with E-state index in [4.69, 9.17) is 4.52 Å². The molecule has 1 aliphatic heterocycles. The third-order valence-corrected chi connectivity index (χ3v) is 6.49. The molecule has 0 bridgehead atoms. The van der Waals surface area contributed by atoms with E-state index in [9.17, 15) is 9.18 Å². The summed E-state index contributed by atoms with van der Waals surface area (Å²) in [5, 5.41) is 9.14. The van der Waals surface area contributed by atoms with Gasteiger partial charge >= 0.3 is 6.03 Å². The Morgan fingerprint density at radius 2 is 1.94 bits per heavy atom. The molecule has 0 aliphatic carbocycles. The Kier molecular flexibility index (Phi) is 5.51. The molecule has 8 heteroatoms. The Balaban J connectivity index is 1.60. The first kappa shape index (κ1) is 21.1. The van der Waals surface area contributed by atoms with Crippen LogP contribution in [0.2, 0.25) is 0 Å². The number of carbonyl (C=O) groups excluding carboxylic acids is 1. The summed E-state index contributed by atoms with van der Waals surface area (Å²) in [6.07, 6.45) is 0. The summed E-state index contributed by atoms with van der Waals surface area (Å²) in [4.78, 5) is 20.3. The topological polar surface area (TPSA) is 71.3 Å². The SMILES string of the molecule is CC1=C(c2nc(-c3cccs3)no2)C(c2ccc(F)cc2)NC(=O)N1Cc1cccc(C)c1. The van der Waals surface area contributed by atoms with Crippen LogP contribution in [0.3, 0.4) is 0 Å². The van der Waals surface area contributed by atoms with Crippen LogP contribution in [-0.4, -0.2) is 21.1 Å². The number of allylic oxidation sites excluding steroid dienone is 1. The van der Waals surface area contributed by atoms with Crippen LogP contribution in [0.15, 0.2) is 76.3 Å². The first-order valence-corrected chi connectivity index (χ1v) is 11.4. The monoisotopic (exact) mass is 460 g/mol. The van der Waals surface area contributed by atoms with Gasteiger partial charge in [-0.2, -0.15) is 4.98 Å². The first-order chi connectivity index (χ1) is 16.0. The summed E-state index contributed by atoms with van der Waals surface area (Å²) in [5.74, 6) is 0.460. The van der Waals surface area contributed by atoms with Crippen LogP contribution < -0.4 is 5.32 Å². The molecule has 5 rings (SSSR count). The standard InChI is InChI=1S/C25H21FN4O2S/c1-15-5-3-6-17(13-15)14-30-16(2)21(24-28-23(29-32-24)20-7-4-12-33-20)22(27-25(30)31)18-8-10-19(26)11-9-18/h3-13,22H,14H2,1-2H3,(H,27,31). The van der Waals surface area contributed by atoms with E-state index in [1.165, 1.54) is 23.5 Å². The summed E-state index contributed by atoms with van der Waals surface area (Å²) >= 11 is 1.52. The molecule has 2 aromatic heterocycles. The second-order valence-electron chi connectivity index (χ2n) is 7.91. The van der Waals surface area contributed by atoms with Gasteiger partial charge in [-0.15, -0.1) is 11.3 Å². The molecule has 0 saturated carbocycles. The molecule has 0 saturated heterocycles. The van der Waals surface area contributed by atoms with Gasteiger partial charge in [-0.25, -0.2) is 9.18 Å². The first-order valence-electron chi connectivity index (χ1n) is 10.5. The lowest BCUT2D eigenvalue weighted by atomic mass is 9.94. The molecule has 2 aromatic carbocycles. The summed E-state index contributed by atoms with van der Waals surface area (Å²) < 4.78 is 19.2. The minimum Gasteiger partial charge on any atom is -0.334 e. The molecule has 1 aliphatic rings. The van der Waals surface area contributed by atoms with Gasteiger partial charge in [0.15, 0.2) is 0 Å². The van der Waals surface area contributed by atoms with Crippen molar-refractivity contribution in [2.75, 3.05) is 0 Å². The molecule has 0 radical (unpaired) electrons. The van der Waals surface area contributed by atoms with Crippen LogP contribution in [0.5, 0.6) is 0 Å². The average molecular weight is 461 g/mol. The molecule has 2 amide bonds. The number of nitrogens with zero attached hydrogens (tertiary/aromatic N) is 3. The van der Waals surface area contributed by atoms with E-state index >= 15 is 0 Å². The fourth-order valence-corrected chi connectivity index (χ4v) is 4.64. The van der Waals surface area contributed by atoms with E-state index in [-0.39, 0.29) is 11.8 Å². The van der Waals surface area contributed by atoms with Gasteiger partial charge in [0.1, 0.15) is 5.82 Å². The van der Waals surface area contributed by atoms with Gasteiger partial charge in [0.05, 0.1) is 23.0 Å². The lowest BCUT2D eigenvalue weighted by Gasteiger charge is -2.35. The average Bonchev–Trinajstić information content (AvgIpc) is 3.49. The van der Waals surface area contributed by atoms with Gasteiger partial charge in [-0.1, -0.05) is 53.2 Å². The van der Waals surface area contributed by atoms with Crippen molar-refractivity contribution in [3.63, 3.8) is 0 Å². The number of carbonyl (C=O) groups is 1. The molecule has 33 heavy (non-hydrogen) atoms. The summed E-state index contributed by atoms with van der Waals surface area (Å²) in [6.45, 7) is 4.28. The number of urea groups is 1. The Bertz CT molecular complexity index is 1330. The zero-order valence-electron chi connectivity index (χ0n) is 18.1. The second-order valence-corrected chi connectivity index (χ2v) is 8.86. The van der Waals surface area contributed by atoms with Crippen molar-refractivity contribution in [3.8, 4) is 10.7 Å². The van der Waals surface area contributed by atoms with E-state index in [1.807, 2.05) is 55.6 Å². The highest BCUT2D eigenvalue weighted by Gasteiger charge is 2.35. The predicted molar refractivity (Wildman–Crippen MR) is 125 cm³/mol. The fourth-order valence-electron chi connectivity index (χ4n) is 3.99. The highest BCUT2D eigenvalue weighted by molar-refractivity contribution is 7.13. The molecule has 4 aromatic rings. The van der Waals surface area contributed by atoms with Crippen molar-refractivity contribution in [1.29, 1.82) is 0 Å². The van der Waals surface area contributed by atoms with Crippen molar-refractivity contribution in [2.24, 2.45) is 0 Å². The maximum atomic E-state index is 13.6. The van der Waals surface area contributed by atoms with Gasteiger partial charge in [0, 0.05) is 5.70 Å². The van der Waals surface area contributed by atoms with E-state index in [2.05, 4.69) is 15.5 Å². The van der Waals surface area contributed by atoms with Crippen LogP contribution in [-0.2, 0) is 6.54 Å². The highest BCUT2D eigenvalue weighted by Crippen LogP contribution is 2.38. The molecule has 3 heterocycles. The number of hydrogen-bond donors (Lipinski definition) is 1. The molecule has 1 N–H and O–H groups in total. The van der Waals surface area contributed by atoms with E-state index in [1.54, 1.807) is 17.0 Å². The molecule has 166 valence electrons. The third kappa shape index (κ3) is 4.17. The van der Waals surface area contributed by atoms with Gasteiger partial charge in [0.2, 0.25) is 5.82 Å². The van der Waals surface area contributed by atoms with Gasteiger partial charge in [-0.05, 0) is 48.6 Å². The number of halogens is 1. The zero-order valence-corrected chi connectivity index (χ0v) is 18.9. The van der Waals surface area contributed by atoms with Gasteiger partial charge in [-0.3, -0.25) is 4.90 Å². The number of rotatable bonds is 5. The normalized spacial score (nSPS) is 16.3. The van der Waals surface area contributed by atoms with E-state index < -0.39 is 6.04 Å². The Labute approximate surface area is 194 Å². The molecule has 1 atom stereocenters. The molecule has 1 unspecified atom stereocenters. The largest absolute Gasteiger partial charge is 0.334 e. The van der Waals surface area contributed by atoms with Crippen LogP contribution in [0.25, 0.3) is 16.3 Å². The van der Waals surface area contributed by atoms with E-state index in [0.717, 1.165) is 21.6 Å². The molecular formula is C25H21FN4O2S. The quantitative estimate of drug-likeness (QED) is 0.400. The molecular weight excluding hydrogens is 439 g/mol. The number of amides is 2. The Hall–Kier alpha value is -3.78. The van der Waals surface area contributed by atoms with Crippen LogP contribution >= 0.6 is 11.3 Å². The summed E-state index contributed by atoms with van der Waals surface area (Å²) in [5.41, 5.74) is 4.24. The fraction of sp³-hybridized carbons (Fsp3) is 0.160. The Morgan fingerprint density at radius 3 is 2.67 bits per heavy atom. The number of thiophene rings is 1. The van der Waals surface area contributed by atoms with Crippen molar-refractivity contribution in [1.82, 2.24) is 20.4 Å². The van der Waals surface area contributed by atoms with E-state index in [0.29, 0.717) is 29.5 Å². The van der Waals surface area contributed by atoms with Gasteiger partial charge in [0.25, 0.3) is 5.89 Å². The van der Waals surface area contributed by atoms with Crippen LogP contribution in [0.4, 0.5) is 9.18 Å². The van der Waals surface area contributed by atoms with Crippen LogP contribution in [0.1, 0.15) is 35.5 Å². The lowest BCUT2D eigenvalue weighted by Crippen LogP contribution is -2.45. The number of nitrogens with one attached hydrogen (secondary N) is 1. The molecule has 0 fully saturated rings. The molecule has 6 nitrogen and oxygen atoms in total. The smallest absolute Gasteiger partial charge is 0.322 e. The minimum atomic E-state index is -0.552. The number of hydrogen-bond acceptors (Lipinski definition) is 5. The van der Waals surface area contributed by atoms with Crippen molar-refractivity contribution >= 4 is 22.9 Å². The Morgan fingerprint density at radius 1 is 1.12 bits per heavy atom. The maximum absolute atomic E-state index is 13.6. The number of benzene rings is 2. The summed E-state index contributed by atoms with van der Waals surface area (Å²) in [7, 11) is 0. The zero-order chi connectivity index (χ0) is 22.9.